The van der Waals surface area contributed by atoms with E-state index in [4.69, 9.17) is 9.47 Å². The number of carbonyl (C=O) groups is 1. The molecule has 0 aliphatic heterocycles. The Kier molecular flexibility index (Phi) is 5.26. The zero-order valence-corrected chi connectivity index (χ0v) is 18.4. The van der Waals surface area contributed by atoms with Gasteiger partial charge in [0.2, 0.25) is 11.8 Å². The van der Waals surface area contributed by atoms with Crippen LogP contribution in [-0.4, -0.2) is 32.5 Å². The van der Waals surface area contributed by atoms with Crippen molar-refractivity contribution >= 4 is 11.6 Å². The van der Waals surface area contributed by atoms with E-state index in [0.717, 1.165) is 30.0 Å². The van der Waals surface area contributed by atoms with Crippen LogP contribution in [0.3, 0.4) is 0 Å². The highest BCUT2D eigenvalue weighted by Crippen LogP contribution is 2.52. The number of aromatic nitrogens is 4. The van der Waals surface area contributed by atoms with E-state index in [1.54, 1.807) is 31.5 Å². The van der Waals surface area contributed by atoms with Crippen LogP contribution in [0.5, 0.6) is 17.4 Å². The number of rotatable bonds is 7. The summed E-state index contributed by atoms with van der Waals surface area (Å²) in [4.78, 5) is 25.8. The largest absolute Gasteiger partial charge is 0.496 e. The van der Waals surface area contributed by atoms with Gasteiger partial charge in [-0.3, -0.25) is 9.36 Å². The molecule has 8 heteroatoms. The van der Waals surface area contributed by atoms with E-state index in [9.17, 15) is 4.79 Å². The predicted octanol–water partition coefficient (Wildman–Crippen LogP) is 4.44. The van der Waals surface area contributed by atoms with E-state index in [2.05, 4.69) is 20.3 Å². The molecule has 1 fully saturated rings. The van der Waals surface area contributed by atoms with E-state index >= 15 is 0 Å². The third-order valence-electron chi connectivity index (χ3n) is 5.84. The lowest BCUT2D eigenvalue weighted by molar-refractivity contribution is -0.118. The number of aryl methyl sites for hydroxylation is 1. The second-order valence-electron chi connectivity index (χ2n) is 7.92. The molecule has 2 aromatic heterocycles. The minimum absolute atomic E-state index is 0.0307. The minimum atomic E-state index is -0.537. The van der Waals surface area contributed by atoms with E-state index < -0.39 is 5.41 Å². The number of amides is 1. The van der Waals surface area contributed by atoms with Gasteiger partial charge in [0.25, 0.3) is 0 Å². The van der Waals surface area contributed by atoms with Crippen LogP contribution in [0.4, 0.5) is 5.69 Å². The molecule has 0 atom stereocenters. The van der Waals surface area contributed by atoms with Crippen molar-refractivity contribution in [2.45, 2.75) is 25.2 Å². The number of methoxy groups -OCH3 is 1. The van der Waals surface area contributed by atoms with E-state index in [-0.39, 0.29) is 5.91 Å². The molecule has 33 heavy (non-hydrogen) atoms. The molecule has 0 spiro atoms. The standard InChI is InChI=1S/C25H23N5O3/c1-17-26-13-14-30(17)22-15-23(28-16-27-22)33-19-9-7-18(8-10-19)29-24(31)25(11-12-25)20-5-3-4-6-21(20)32-2/h3-10,13-16H,11-12H2,1-2H3,(H,29,31). The summed E-state index contributed by atoms with van der Waals surface area (Å²) < 4.78 is 13.2. The summed E-state index contributed by atoms with van der Waals surface area (Å²) in [5.74, 6) is 3.22. The number of nitrogens with one attached hydrogen (secondary N) is 1. The molecule has 4 aromatic rings. The maximum atomic E-state index is 13.1. The highest BCUT2D eigenvalue weighted by atomic mass is 16.5. The van der Waals surface area contributed by atoms with Crippen LogP contribution in [0.15, 0.2) is 73.3 Å². The maximum absolute atomic E-state index is 13.1. The van der Waals surface area contributed by atoms with Crippen LogP contribution < -0.4 is 14.8 Å². The van der Waals surface area contributed by atoms with Gasteiger partial charge >= 0.3 is 0 Å². The van der Waals surface area contributed by atoms with Crippen molar-refractivity contribution < 1.29 is 14.3 Å². The van der Waals surface area contributed by atoms with Gasteiger partial charge in [-0.2, -0.15) is 0 Å². The summed E-state index contributed by atoms with van der Waals surface area (Å²) in [5.41, 5.74) is 1.09. The van der Waals surface area contributed by atoms with Crippen LogP contribution in [0, 0.1) is 6.92 Å². The van der Waals surface area contributed by atoms with Gasteiger partial charge in [0.05, 0.1) is 12.5 Å². The zero-order chi connectivity index (χ0) is 22.8. The van der Waals surface area contributed by atoms with Crippen LogP contribution in [-0.2, 0) is 10.2 Å². The quantitative estimate of drug-likeness (QED) is 0.456. The van der Waals surface area contributed by atoms with Crippen molar-refractivity contribution in [2.24, 2.45) is 0 Å². The van der Waals surface area contributed by atoms with Crippen molar-refractivity contribution in [1.82, 2.24) is 19.5 Å². The van der Waals surface area contributed by atoms with Crippen molar-refractivity contribution in [3.63, 3.8) is 0 Å². The number of ether oxygens (including phenoxy) is 2. The topological polar surface area (TPSA) is 91.2 Å². The van der Waals surface area contributed by atoms with Crippen LogP contribution in [0.25, 0.3) is 5.82 Å². The molecule has 5 rings (SSSR count). The molecule has 2 heterocycles. The van der Waals surface area contributed by atoms with E-state index in [1.807, 2.05) is 54.1 Å². The highest BCUT2D eigenvalue weighted by molar-refractivity contribution is 6.01. The maximum Gasteiger partial charge on any atom is 0.235 e. The van der Waals surface area contributed by atoms with Gasteiger partial charge in [-0.05, 0) is 50.1 Å². The van der Waals surface area contributed by atoms with Gasteiger partial charge in [-0.15, -0.1) is 0 Å². The Balaban J connectivity index is 1.28. The van der Waals surface area contributed by atoms with Gasteiger partial charge in [-0.25, -0.2) is 15.0 Å². The lowest BCUT2D eigenvalue weighted by Gasteiger charge is -2.18. The molecule has 0 radical (unpaired) electrons. The van der Waals surface area contributed by atoms with Crippen LogP contribution in [0.2, 0.25) is 0 Å². The van der Waals surface area contributed by atoms with Crippen molar-refractivity contribution in [3.05, 3.63) is 84.7 Å². The van der Waals surface area contributed by atoms with E-state index in [0.29, 0.717) is 23.1 Å². The first-order valence-electron chi connectivity index (χ1n) is 10.6. The fraction of sp³-hybridized carbons (Fsp3) is 0.200. The first kappa shape index (κ1) is 20.7. The number of hydrogen-bond acceptors (Lipinski definition) is 6. The Bertz CT molecular complexity index is 1300. The first-order valence-corrected chi connectivity index (χ1v) is 10.6. The van der Waals surface area contributed by atoms with Crippen LogP contribution in [0.1, 0.15) is 24.2 Å². The van der Waals surface area contributed by atoms with Crippen LogP contribution >= 0.6 is 0 Å². The number of benzene rings is 2. The molecular formula is C25H23N5O3. The third kappa shape index (κ3) is 4.03. The number of para-hydroxylation sites is 1. The average molecular weight is 441 g/mol. The molecular weight excluding hydrogens is 418 g/mol. The lowest BCUT2D eigenvalue weighted by Crippen LogP contribution is -2.28. The number of imidazole rings is 1. The van der Waals surface area contributed by atoms with Crippen molar-refractivity contribution in [3.8, 4) is 23.2 Å². The monoisotopic (exact) mass is 441 g/mol. The highest BCUT2D eigenvalue weighted by Gasteiger charge is 2.52. The van der Waals surface area contributed by atoms with Gasteiger partial charge in [-0.1, -0.05) is 18.2 Å². The fourth-order valence-corrected chi connectivity index (χ4v) is 3.90. The number of hydrogen-bond donors (Lipinski definition) is 1. The Morgan fingerprint density at radius 3 is 2.55 bits per heavy atom. The Morgan fingerprint density at radius 2 is 1.85 bits per heavy atom. The molecule has 1 saturated carbocycles. The molecule has 8 nitrogen and oxygen atoms in total. The Morgan fingerprint density at radius 1 is 1.06 bits per heavy atom. The Labute approximate surface area is 191 Å². The fourth-order valence-electron chi connectivity index (χ4n) is 3.90. The second-order valence-corrected chi connectivity index (χ2v) is 7.92. The number of carbonyl (C=O) groups excluding carboxylic acids is 1. The third-order valence-corrected chi connectivity index (χ3v) is 5.84. The summed E-state index contributed by atoms with van der Waals surface area (Å²) in [6, 6.07) is 16.7. The Hall–Kier alpha value is -4.20. The van der Waals surface area contributed by atoms with Gasteiger partial charge in [0.15, 0.2) is 0 Å². The molecule has 1 amide bonds. The predicted molar refractivity (Wildman–Crippen MR) is 123 cm³/mol. The molecule has 2 aromatic carbocycles. The molecule has 0 unspecified atom stereocenters. The summed E-state index contributed by atoms with van der Waals surface area (Å²) in [6.45, 7) is 1.90. The zero-order valence-electron chi connectivity index (χ0n) is 18.4. The van der Waals surface area contributed by atoms with Gasteiger partial charge in [0.1, 0.15) is 29.5 Å². The summed E-state index contributed by atoms with van der Waals surface area (Å²) in [7, 11) is 1.63. The number of anilines is 1. The summed E-state index contributed by atoms with van der Waals surface area (Å²) >= 11 is 0. The number of nitrogens with zero attached hydrogens (tertiary/aromatic N) is 4. The second kappa shape index (κ2) is 8.38. The van der Waals surface area contributed by atoms with Gasteiger partial charge < -0.3 is 14.8 Å². The molecule has 0 saturated heterocycles. The van der Waals surface area contributed by atoms with Crippen molar-refractivity contribution in [1.29, 1.82) is 0 Å². The van der Waals surface area contributed by atoms with Crippen molar-refractivity contribution in [2.75, 3.05) is 12.4 Å². The molecule has 1 aliphatic rings. The normalized spacial score (nSPS) is 13.9. The minimum Gasteiger partial charge on any atom is -0.496 e. The molecule has 166 valence electrons. The van der Waals surface area contributed by atoms with E-state index in [1.165, 1.54) is 6.33 Å². The smallest absolute Gasteiger partial charge is 0.235 e. The average Bonchev–Trinajstić information content (AvgIpc) is 3.55. The molecule has 0 bridgehead atoms. The lowest BCUT2D eigenvalue weighted by atomic mass is 9.94. The molecule has 1 aliphatic carbocycles. The van der Waals surface area contributed by atoms with Gasteiger partial charge in [0, 0.05) is 29.7 Å². The summed E-state index contributed by atoms with van der Waals surface area (Å²) in [6.07, 6.45) is 6.59. The molecule has 1 N–H and O–H groups in total. The SMILES string of the molecule is COc1ccccc1C1(C(=O)Nc2ccc(Oc3cc(-n4ccnc4C)ncn3)cc2)CC1. The first-order chi connectivity index (χ1) is 16.1. The summed E-state index contributed by atoms with van der Waals surface area (Å²) in [5, 5.41) is 3.03.